The molecule has 1 aliphatic rings. The number of rotatable bonds is 4. The Labute approximate surface area is 135 Å². The fourth-order valence-corrected chi connectivity index (χ4v) is 2.42. The van der Waals surface area contributed by atoms with Gasteiger partial charge in [0.1, 0.15) is 12.4 Å². The lowest BCUT2D eigenvalue weighted by Crippen LogP contribution is -2.43. The number of pyridine rings is 1. The number of hydrogen-bond acceptors (Lipinski definition) is 5. The highest BCUT2D eigenvalue weighted by Crippen LogP contribution is 2.30. The number of para-hydroxylation sites is 2. The minimum Gasteiger partial charge on any atom is -0.485 e. The van der Waals surface area contributed by atoms with E-state index in [2.05, 4.69) is 10.3 Å². The van der Waals surface area contributed by atoms with Crippen LogP contribution in [0.4, 0.5) is 5.82 Å². The number of carbonyl (C=O) groups is 1. The lowest BCUT2D eigenvalue weighted by molar-refractivity contribution is -0.130. The molecule has 2 aromatic rings. The van der Waals surface area contributed by atoms with Crippen molar-refractivity contribution in [2.45, 2.75) is 12.6 Å². The molecule has 23 heavy (non-hydrogen) atoms. The van der Waals surface area contributed by atoms with Crippen molar-refractivity contribution >= 4 is 11.7 Å². The number of nitrogens with zero attached hydrogens (tertiary/aromatic N) is 2. The van der Waals surface area contributed by atoms with Crippen LogP contribution in [0.3, 0.4) is 0 Å². The Balaban J connectivity index is 1.63. The third-order valence-corrected chi connectivity index (χ3v) is 3.55. The summed E-state index contributed by atoms with van der Waals surface area (Å²) in [7, 11) is 3.84. The van der Waals surface area contributed by atoms with Gasteiger partial charge in [-0.3, -0.25) is 4.79 Å². The highest BCUT2D eigenvalue weighted by Gasteiger charge is 2.27. The van der Waals surface area contributed by atoms with Crippen molar-refractivity contribution in [2.75, 3.05) is 25.6 Å². The molecule has 1 aromatic carbocycles. The normalized spacial score (nSPS) is 15.8. The second-order valence-electron chi connectivity index (χ2n) is 5.46. The number of nitrogens with one attached hydrogen (secondary N) is 1. The van der Waals surface area contributed by atoms with Crippen molar-refractivity contribution < 1.29 is 14.3 Å². The number of amides is 1. The maximum absolute atomic E-state index is 12.3. The molecule has 0 bridgehead atoms. The van der Waals surface area contributed by atoms with Gasteiger partial charge in [-0.15, -0.1) is 0 Å². The van der Waals surface area contributed by atoms with E-state index in [1.165, 1.54) is 0 Å². The summed E-state index contributed by atoms with van der Waals surface area (Å²) in [5, 5.41) is 2.88. The van der Waals surface area contributed by atoms with Crippen molar-refractivity contribution in [2.24, 2.45) is 0 Å². The lowest BCUT2D eigenvalue weighted by atomic mass is 10.2. The van der Waals surface area contributed by atoms with E-state index in [9.17, 15) is 4.79 Å². The fourth-order valence-electron chi connectivity index (χ4n) is 2.42. The molecule has 1 amide bonds. The van der Waals surface area contributed by atoms with E-state index in [0.29, 0.717) is 18.0 Å². The third-order valence-electron chi connectivity index (χ3n) is 3.55. The highest BCUT2D eigenvalue weighted by atomic mass is 16.6. The van der Waals surface area contributed by atoms with Crippen molar-refractivity contribution in [3.8, 4) is 11.5 Å². The molecule has 0 fully saturated rings. The van der Waals surface area contributed by atoms with E-state index in [4.69, 9.17) is 9.47 Å². The fraction of sp³-hybridized carbons (Fsp3) is 0.294. The Hall–Kier alpha value is -2.76. The molecule has 2 heterocycles. The Bertz CT molecular complexity index is 703. The minimum absolute atomic E-state index is 0.201. The second-order valence-corrected chi connectivity index (χ2v) is 5.46. The zero-order valence-electron chi connectivity index (χ0n) is 13.2. The van der Waals surface area contributed by atoms with E-state index in [-0.39, 0.29) is 12.5 Å². The zero-order chi connectivity index (χ0) is 16.2. The standard InChI is InChI=1S/C17H19N3O3/c1-20(2)16-12(6-5-9-18-16)10-19-17(21)15-11-22-13-7-3-4-8-14(13)23-15/h3-9,15H,10-11H2,1-2H3,(H,19,21)/t15-/m0/s1. The largest absolute Gasteiger partial charge is 0.485 e. The summed E-state index contributed by atoms with van der Waals surface area (Å²) in [5.74, 6) is 1.89. The molecule has 1 atom stereocenters. The molecular formula is C17H19N3O3. The van der Waals surface area contributed by atoms with Gasteiger partial charge in [0, 0.05) is 32.4 Å². The van der Waals surface area contributed by atoms with E-state index in [1.807, 2.05) is 49.3 Å². The zero-order valence-corrected chi connectivity index (χ0v) is 13.2. The first kappa shape index (κ1) is 15.1. The SMILES string of the molecule is CN(C)c1ncccc1CNC(=O)[C@@H]1COc2ccccc2O1. The van der Waals surface area contributed by atoms with Crippen LogP contribution in [0.15, 0.2) is 42.6 Å². The third kappa shape index (κ3) is 3.36. The monoisotopic (exact) mass is 313 g/mol. The smallest absolute Gasteiger partial charge is 0.264 e. The Morgan fingerprint density at radius 1 is 1.26 bits per heavy atom. The molecule has 6 nitrogen and oxygen atoms in total. The van der Waals surface area contributed by atoms with E-state index < -0.39 is 6.10 Å². The quantitative estimate of drug-likeness (QED) is 0.929. The van der Waals surface area contributed by atoms with Crippen LogP contribution >= 0.6 is 0 Å². The summed E-state index contributed by atoms with van der Waals surface area (Å²) in [4.78, 5) is 18.5. The lowest BCUT2D eigenvalue weighted by Gasteiger charge is -2.25. The van der Waals surface area contributed by atoms with Crippen molar-refractivity contribution in [1.82, 2.24) is 10.3 Å². The molecule has 0 saturated heterocycles. The van der Waals surface area contributed by atoms with Gasteiger partial charge in [0.05, 0.1) is 0 Å². The summed E-state index contributed by atoms with van der Waals surface area (Å²) in [6.07, 6.45) is 1.08. The summed E-state index contributed by atoms with van der Waals surface area (Å²) in [5.41, 5.74) is 0.947. The van der Waals surface area contributed by atoms with Crippen LogP contribution in [0.2, 0.25) is 0 Å². The number of hydrogen-bond donors (Lipinski definition) is 1. The molecule has 1 aliphatic heterocycles. The Morgan fingerprint density at radius 2 is 2.04 bits per heavy atom. The van der Waals surface area contributed by atoms with Crippen LogP contribution in [0.5, 0.6) is 11.5 Å². The molecular weight excluding hydrogens is 294 g/mol. The molecule has 3 rings (SSSR count). The first-order valence-corrected chi connectivity index (χ1v) is 7.42. The highest BCUT2D eigenvalue weighted by molar-refractivity contribution is 5.81. The van der Waals surface area contributed by atoms with Crippen molar-refractivity contribution in [3.05, 3.63) is 48.2 Å². The predicted octanol–water partition coefficient (Wildman–Crippen LogP) is 1.60. The number of anilines is 1. The van der Waals surface area contributed by atoms with Gasteiger partial charge in [0.25, 0.3) is 5.91 Å². The summed E-state index contributed by atoms with van der Waals surface area (Å²) < 4.78 is 11.3. The van der Waals surface area contributed by atoms with Gasteiger partial charge >= 0.3 is 0 Å². The second kappa shape index (κ2) is 6.56. The van der Waals surface area contributed by atoms with Gasteiger partial charge in [-0.2, -0.15) is 0 Å². The van der Waals surface area contributed by atoms with E-state index in [1.54, 1.807) is 12.3 Å². The molecule has 120 valence electrons. The maximum Gasteiger partial charge on any atom is 0.264 e. The Kier molecular flexibility index (Phi) is 4.32. The van der Waals surface area contributed by atoms with Crippen LogP contribution in [0.1, 0.15) is 5.56 Å². The van der Waals surface area contributed by atoms with Gasteiger partial charge in [-0.05, 0) is 18.2 Å². The molecule has 0 saturated carbocycles. The maximum atomic E-state index is 12.3. The van der Waals surface area contributed by atoms with Crippen LogP contribution in [-0.2, 0) is 11.3 Å². The van der Waals surface area contributed by atoms with E-state index in [0.717, 1.165) is 11.4 Å². The van der Waals surface area contributed by atoms with Crippen LogP contribution in [-0.4, -0.2) is 37.7 Å². The number of carbonyl (C=O) groups excluding carboxylic acids is 1. The number of fused-ring (bicyclic) bond motifs is 1. The van der Waals surface area contributed by atoms with Gasteiger partial charge in [-0.25, -0.2) is 4.98 Å². The molecule has 6 heteroatoms. The molecule has 0 radical (unpaired) electrons. The summed E-state index contributed by atoms with van der Waals surface area (Å²) in [6.45, 7) is 0.595. The first-order chi connectivity index (χ1) is 11.1. The van der Waals surface area contributed by atoms with Crippen LogP contribution < -0.4 is 19.7 Å². The van der Waals surface area contributed by atoms with Crippen molar-refractivity contribution in [3.63, 3.8) is 0 Å². The molecule has 0 unspecified atom stereocenters. The average molecular weight is 313 g/mol. The van der Waals surface area contributed by atoms with Gasteiger partial charge in [-0.1, -0.05) is 18.2 Å². The number of benzene rings is 1. The Morgan fingerprint density at radius 3 is 2.83 bits per heavy atom. The topological polar surface area (TPSA) is 63.7 Å². The van der Waals surface area contributed by atoms with Gasteiger partial charge in [0.15, 0.2) is 11.5 Å². The van der Waals surface area contributed by atoms with Crippen LogP contribution in [0, 0.1) is 0 Å². The van der Waals surface area contributed by atoms with E-state index >= 15 is 0 Å². The molecule has 1 aromatic heterocycles. The number of ether oxygens (including phenoxy) is 2. The summed E-state index contributed by atoms with van der Waals surface area (Å²) >= 11 is 0. The number of aromatic nitrogens is 1. The van der Waals surface area contributed by atoms with Crippen molar-refractivity contribution in [1.29, 1.82) is 0 Å². The van der Waals surface area contributed by atoms with Gasteiger partial charge in [0.2, 0.25) is 6.10 Å². The van der Waals surface area contributed by atoms with Crippen LogP contribution in [0.25, 0.3) is 0 Å². The summed E-state index contributed by atoms with van der Waals surface area (Å²) in [6, 6.07) is 11.1. The van der Waals surface area contributed by atoms with Gasteiger partial charge < -0.3 is 19.7 Å². The predicted molar refractivity (Wildman–Crippen MR) is 86.8 cm³/mol. The molecule has 0 aliphatic carbocycles. The molecule has 1 N–H and O–H groups in total. The first-order valence-electron chi connectivity index (χ1n) is 7.42. The molecule has 0 spiro atoms. The minimum atomic E-state index is -0.649. The average Bonchev–Trinajstić information content (AvgIpc) is 2.59.